The van der Waals surface area contributed by atoms with Crippen molar-refractivity contribution in [3.63, 3.8) is 0 Å². The standard InChI is InChI=1S/C16H12N2O3.H2O/c1-9-3-2-4-12-13(15(16(19)20)17-14(9)12)10-5-7-11(18-21)8-6-10;/h2-8,17H,1H3,(H,19,20);1H2. The summed E-state index contributed by atoms with van der Waals surface area (Å²) in [6.45, 7) is 1.93. The number of para-hydroxylation sites is 1. The van der Waals surface area contributed by atoms with Gasteiger partial charge in [-0.25, -0.2) is 4.79 Å². The van der Waals surface area contributed by atoms with Crippen molar-refractivity contribution in [2.75, 3.05) is 0 Å². The highest BCUT2D eigenvalue weighted by Crippen LogP contribution is 2.34. The molecule has 0 aliphatic carbocycles. The minimum Gasteiger partial charge on any atom is -0.870 e. The first-order chi connectivity index (χ1) is 10.1. The highest BCUT2D eigenvalue weighted by Gasteiger charge is 2.19. The first kappa shape index (κ1) is 15.4. The topological polar surface area (TPSA) is 114 Å². The zero-order valence-corrected chi connectivity index (χ0v) is 11.8. The minimum atomic E-state index is -1.01. The molecule has 0 saturated heterocycles. The molecular formula is C16H14N2O4. The lowest BCUT2D eigenvalue weighted by Gasteiger charge is -2.02. The number of hydrogen-bond donors (Lipinski definition) is 3. The van der Waals surface area contributed by atoms with Crippen LogP contribution >= 0.6 is 0 Å². The number of aromatic nitrogens is 1. The first-order valence-corrected chi connectivity index (χ1v) is 6.45. The van der Waals surface area contributed by atoms with E-state index < -0.39 is 5.97 Å². The fraction of sp³-hybridized carbons (Fsp3) is 0.0625. The molecule has 6 nitrogen and oxygen atoms in total. The van der Waals surface area contributed by atoms with Gasteiger partial charge in [0.25, 0.3) is 5.69 Å². The van der Waals surface area contributed by atoms with E-state index in [1.807, 2.05) is 30.3 Å². The lowest BCUT2D eigenvalue weighted by molar-refractivity contribution is -0.379. The van der Waals surface area contributed by atoms with Gasteiger partial charge < -0.3 is 15.6 Å². The number of H-pyrrole nitrogens is 1. The number of carboxylic acid groups (broad SMARTS) is 1. The van der Waals surface area contributed by atoms with Crippen LogP contribution in [0.2, 0.25) is 0 Å². The Morgan fingerprint density at radius 2 is 1.82 bits per heavy atom. The molecule has 4 N–H and O–H groups in total. The van der Waals surface area contributed by atoms with Crippen molar-refractivity contribution in [2.45, 2.75) is 6.92 Å². The smallest absolute Gasteiger partial charge is 0.352 e. The molecule has 22 heavy (non-hydrogen) atoms. The van der Waals surface area contributed by atoms with E-state index in [9.17, 15) is 14.8 Å². The van der Waals surface area contributed by atoms with Crippen molar-refractivity contribution in [1.82, 2.24) is 4.98 Å². The van der Waals surface area contributed by atoms with Crippen LogP contribution in [0.4, 0.5) is 5.69 Å². The van der Waals surface area contributed by atoms with E-state index in [2.05, 4.69) is 4.98 Å². The van der Waals surface area contributed by atoms with E-state index in [-0.39, 0.29) is 11.2 Å². The number of carboxylic acids is 1. The molecule has 0 aliphatic heterocycles. The van der Waals surface area contributed by atoms with Crippen LogP contribution in [0.15, 0.2) is 42.5 Å². The third-order valence-electron chi connectivity index (χ3n) is 3.55. The summed E-state index contributed by atoms with van der Waals surface area (Å²) in [5, 5.41) is 12.1. The molecule has 0 unspecified atom stereocenters. The van der Waals surface area contributed by atoms with Gasteiger partial charge in [0.2, 0.25) is 0 Å². The molecule has 2 aromatic carbocycles. The molecule has 112 valence electrons. The SMILES string of the molecule is Cc1cccc2c(-c3ccc([NH+]=O)cc3)c(C(=O)O)[nH]c12.[OH-]. The summed E-state index contributed by atoms with van der Waals surface area (Å²) >= 11 is 0. The number of fused-ring (bicyclic) bond motifs is 1. The second-order valence-corrected chi connectivity index (χ2v) is 4.86. The predicted octanol–water partition coefficient (Wildman–Crippen LogP) is 2.14. The van der Waals surface area contributed by atoms with Crippen molar-refractivity contribution in [3.8, 4) is 11.1 Å². The number of carbonyl (C=O) groups is 1. The third kappa shape index (κ3) is 2.36. The maximum atomic E-state index is 11.5. The van der Waals surface area contributed by atoms with Crippen LogP contribution in [0.1, 0.15) is 16.1 Å². The molecule has 1 aromatic heterocycles. The molecular weight excluding hydrogens is 284 g/mol. The molecule has 3 aromatic rings. The van der Waals surface area contributed by atoms with E-state index in [1.54, 1.807) is 24.3 Å². The molecule has 0 amide bonds. The van der Waals surface area contributed by atoms with Gasteiger partial charge in [-0.2, -0.15) is 0 Å². The van der Waals surface area contributed by atoms with Crippen LogP contribution in [0.5, 0.6) is 0 Å². The first-order valence-electron chi connectivity index (χ1n) is 6.45. The van der Waals surface area contributed by atoms with E-state index in [0.717, 1.165) is 22.0 Å². The van der Waals surface area contributed by atoms with Crippen LogP contribution in [-0.2, 0) is 0 Å². The van der Waals surface area contributed by atoms with Crippen molar-refractivity contribution in [2.24, 2.45) is 0 Å². The zero-order valence-electron chi connectivity index (χ0n) is 11.8. The Kier molecular flexibility index (Phi) is 4.05. The quantitative estimate of drug-likeness (QED) is 0.687. The van der Waals surface area contributed by atoms with Gasteiger partial charge in [0, 0.05) is 38.7 Å². The molecule has 0 spiro atoms. The monoisotopic (exact) mass is 298 g/mol. The summed E-state index contributed by atoms with van der Waals surface area (Å²) in [5.41, 5.74) is 3.78. The third-order valence-corrected chi connectivity index (χ3v) is 3.55. The summed E-state index contributed by atoms with van der Waals surface area (Å²) in [5.74, 6) is -1.01. The number of aromatic amines is 1. The van der Waals surface area contributed by atoms with Crippen molar-refractivity contribution < 1.29 is 20.6 Å². The zero-order chi connectivity index (χ0) is 15.0. The van der Waals surface area contributed by atoms with Crippen molar-refractivity contribution >= 4 is 22.6 Å². The molecule has 0 bridgehead atoms. The number of hydrogen-bond acceptors (Lipinski definition) is 3. The molecule has 0 aliphatic rings. The van der Waals surface area contributed by atoms with Crippen molar-refractivity contribution in [1.29, 1.82) is 0 Å². The molecule has 0 radical (unpaired) electrons. The number of nitroso groups, excluding NO2 is 1. The lowest BCUT2D eigenvalue weighted by Crippen LogP contribution is -2.55. The maximum absolute atomic E-state index is 11.5. The Morgan fingerprint density at radius 3 is 2.41 bits per heavy atom. The van der Waals surface area contributed by atoms with Gasteiger partial charge in [-0.1, -0.05) is 18.2 Å². The average molecular weight is 298 g/mol. The maximum Gasteiger partial charge on any atom is 0.352 e. The minimum absolute atomic E-state index is 0. The van der Waals surface area contributed by atoms with Gasteiger partial charge in [-0.05, 0) is 30.2 Å². The number of aryl methyl sites for hydroxylation is 1. The lowest BCUT2D eigenvalue weighted by atomic mass is 10.0. The summed E-state index contributed by atoms with van der Waals surface area (Å²) in [7, 11) is 0. The molecule has 3 rings (SSSR count). The summed E-state index contributed by atoms with van der Waals surface area (Å²) in [6.07, 6.45) is 0. The van der Waals surface area contributed by atoms with E-state index in [1.165, 1.54) is 0 Å². The highest BCUT2D eigenvalue weighted by molar-refractivity contribution is 6.08. The number of aromatic carboxylic acids is 1. The number of rotatable bonds is 3. The Hall–Kier alpha value is -2.99. The Balaban J connectivity index is 0.00000176. The second-order valence-electron chi connectivity index (χ2n) is 4.86. The van der Waals surface area contributed by atoms with Crippen molar-refractivity contribution in [3.05, 3.63) is 58.6 Å². The number of nitrogens with one attached hydrogen (secondary N) is 2. The van der Waals surface area contributed by atoms with E-state index in [4.69, 9.17) is 0 Å². The normalized spacial score (nSPS) is 10.2. The molecule has 1 heterocycles. The van der Waals surface area contributed by atoms with Crippen LogP contribution in [0.25, 0.3) is 22.0 Å². The summed E-state index contributed by atoms with van der Waals surface area (Å²) in [4.78, 5) is 25.1. The van der Waals surface area contributed by atoms with Crippen LogP contribution in [0, 0.1) is 11.8 Å². The van der Waals surface area contributed by atoms with Crippen LogP contribution in [-0.4, -0.2) is 21.5 Å². The average Bonchev–Trinajstić information content (AvgIpc) is 2.88. The van der Waals surface area contributed by atoms with Crippen LogP contribution < -0.4 is 5.18 Å². The predicted molar refractivity (Wildman–Crippen MR) is 81.4 cm³/mol. The molecule has 0 atom stereocenters. The second kappa shape index (κ2) is 5.79. The molecule has 0 saturated carbocycles. The van der Waals surface area contributed by atoms with Gasteiger partial charge in [-0.3, -0.25) is 0 Å². The van der Waals surface area contributed by atoms with Gasteiger partial charge in [0.1, 0.15) is 5.69 Å². The molecule has 6 heteroatoms. The Labute approximate surface area is 125 Å². The fourth-order valence-corrected chi connectivity index (χ4v) is 2.53. The molecule has 0 fully saturated rings. The Bertz CT molecular complexity index is 850. The van der Waals surface area contributed by atoms with Gasteiger partial charge in [0.15, 0.2) is 0 Å². The Morgan fingerprint density at radius 1 is 1.14 bits per heavy atom. The fourth-order valence-electron chi connectivity index (χ4n) is 2.53. The van der Waals surface area contributed by atoms with Crippen LogP contribution in [0.3, 0.4) is 0 Å². The largest absolute Gasteiger partial charge is 0.870 e. The van der Waals surface area contributed by atoms with Gasteiger partial charge >= 0.3 is 5.97 Å². The van der Waals surface area contributed by atoms with E-state index >= 15 is 0 Å². The van der Waals surface area contributed by atoms with Gasteiger partial charge in [0.05, 0.1) is 0 Å². The number of benzene rings is 2. The van der Waals surface area contributed by atoms with E-state index in [0.29, 0.717) is 11.3 Å². The highest BCUT2D eigenvalue weighted by atomic mass is 16.4. The summed E-state index contributed by atoms with van der Waals surface area (Å²) < 4.78 is 0. The van der Waals surface area contributed by atoms with Gasteiger partial charge in [-0.15, -0.1) is 0 Å². The summed E-state index contributed by atoms with van der Waals surface area (Å²) in [6, 6.07) is 12.4.